The number of unbranched alkanes of at least 4 members (excludes halogenated alkanes) is 16. The first-order valence-corrected chi connectivity index (χ1v) is 14.1. The number of aliphatic hydroxyl groups is 3. The number of rotatable bonds is 24. The van der Waals surface area contributed by atoms with Crippen LogP contribution in [0.4, 0.5) is 0 Å². The quantitative estimate of drug-likeness (QED) is 0.110. The third-order valence-electron chi connectivity index (χ3n) is 6.32. The van der Waals surface area contributed by atoms with Crippen molar-refractivity contribution in [3.05, 3.63) is 0 Å². The van der Waals surface area contributed by atoms with Crippen LogP contribution in [-0.4, -0.2) is 45.7 Å². The third-order valence-corrected chi connectivity index (χ3v) is 6.32. The second kappa shape index (κ2) is 29.4. The summed E-state index contributed by atoms with van der Waals surface area (Å²) in [7, 11) is 0. The Morgan fingerprint density at radius 2 is 0.879 bits per heavy atom. The van der Waals surface area contributed by atoms with Crippen LogP contribution in [0.2, 0.25) is 0 Å². The standard InChI is InChI=1S/C25H50O2.C3H8O3/c1-3-5-7-9-11-13-14-16-18-20-22-24(23-25(26)27)21-19-17-15-12-10-8-6-4-2;4-1-3(6)2-5/h24H,3-23H2,1-2H3,(H,26,27);3-6H,1-2H2. The minimum absolute atomic E-state index is 0.365. The van der Waals surface area contributed by atoms with Gasteiger partial charge in [-0.3, -0.25) is 4.79 Å². The molecule has 0 bridgehead atoms. The molecule has 0 aromatic rings. The first-order chi connectivity index (χ1) is 16.0. The number of carboxylic acid groups (broad SMARTS) is 1. The fourth-order valence-corrected chi connectivity index (χ4v) is 4.14. The molecule has 1 atom stereocenters. The molecule has 0 amide bonds. The molecule has 0 fully saturated rings. The molecule has 5 heteroatoms. The Morgan fingerprint density at radius 3 is 1.12 bits per heavy atom. The topological polar surface area (TPSA) is 98.0 Å². The van der Waals surface area contributed by atoms with Crippen LogP contribution in [0.1, 0.15) is 149 Å². The first kappa shape index (κ1) is 34.5. The minimum Gasteiger partial charge on any atom is -0.481 e. The van der Waals surface area contributed by atoms with E-state index in [4.69, 9.17) is 20.4 Å². The summed E-state index contributed by atoms with van der Waals surface area (Å²) >= 11 is 0. The predicted octanol–water partition coefficient (Wildman–Crippen LogP) is 7.25. The molecule has 0 saturated carbocycles. The van der Waals surface area contributed by atoms with Gasteiger partial charge in [-0.05, 0) is 18.8 Å². The highest BCUT2D eigenvalue weighted by molar-refractivity contribution is 5.66. The van der Waals surface area contributed by atoms with Crippen LogP contribution in [0.25, 0.3) is 0 Å². The van der Waals surface area contributed by atoms with Gasteiger partial charge in [-0.2, -0.15) is 0 Å². The number of carboxylic acids is 1. The van der Waals surface area contributed by atoms with Crippen LogP contribution in [0.3, 0.4) is 0 Å². The molecular weight excluding hydrogens is 416 g/mol. The Balaban J connectivity index is 0. The minimum atomic E-state index is -0.954. The number of carbonyl (C=O) groups is 1. The van der Waals surface area contributed by atoms with Crippen LogP contribution in [0, 0.1) is 5.92 Å². The van der Waals surface area contributed by atoms with Crippen LogP contribution in [0.15, 0.2) is 0 Å². The second-order valence-electron chi connectivity index (χ2n) is 9.72. The Hall–Kier alpha value is -0.650. The van der Waals surface area contributed by atoms with Gasteiger partial charge in [-0.1, -0.05) is 129 Å². The largest absolute Gasteiger partial charge is 0.481 e. The van der Waals surface area contributed by atoms with Gasteiger partial charge in [0.15, 0.2) is 0 Å². The summed E-state index contributed by atoms with van der Waals surface area (Å²) in [6.45, 7) is 3.80. The van der Waals surface area contributed by atoms with Gasteiger partial charge in [0.25, 0.3) is 0 Å². The fraction of sp³-hybridized carbons (Fsp3) is 0.964. The lowest BCUT2D eigenvalue weighted by molar-refractivity contribution is -0.138. The van der Waals surface area contributed by atoms with Crippen molar-refractivity contribution in [2.45, 2.75) is 155 Å². The lowest BCUT2D eigenvalue weighted by Crippen LogP contribution is -2.15. The molecule has 0 aromatic heterocycles. The van der Waals surface area contributed by atoms with E-state index in [0.717, 1.165) is 12.8 Å². The van der Waals surface area contributed by atoms with Crippen molar-refractivity contribution in [1.29, 1.82) is 0 Å². The predicted molar refractivity (Wildman–Crippen MR) is 140 cm³/mol. The monoisotopic (exact) mass is 474 g/mol. The van der Waals surface area contributed by atoms with Crippen LogP contribution in [0.5, 0.6) is 0 Å². The van der Waals surface area contributed by atoms with Crippen molar-refractivity contribution in [1.82, 2.24) is 0 Å². The van der Waals surface area contributed by atoms with Crippen molar-refractivity contribution in [2.24, 2.45) is 5.92 Å². The molecule has 0 heterocycles. The van der Waals surface area contributed by atoms with E-state index in [1.807, 2.05) is 0 Å². The summed E-state index contributed by atoms with van der Waals surface area (Å²) in [6.07, 6.45) is 25.9. The summed E-state index contributed by atoms with van der Waals surface area (Å²) in [4.78, 5) is 11.1. The molecule has 200 valence electrons. The van der Waals surface area contributed by atoms with E-state index in [2.05, 4.69) is 13.8 Å². The lowest BCUT2D eigenvalue weighted by atomic mass is 9.91. The average Bonchev–Trinajstić information content (AvgIpc) is 2.81. The van der Waals surface area contributed by atoms with Gasteiger partial charge in [0.05, 0.1) is 13.2 Å². The molecular formula is C28H58O5. The zero-order valence-corrected chi connectivity index (χ0v) is 22.1. The Bertz CT molecular complexity index is 371. The van der Waals surface area contributed by atoms with Crippen molar-refractivity contribution < 1.29 is 25.2 Å². The van der Waals surface area contributed by atoms with Gasteiger partial charge in [-0.25, -0.2) is 0 Å². The summed E-state index contributed by atoms with van der Waals surface area (Å²) in [5.41, 5.74) is 0. The molecule has 0 aliphatic rings. The van der Waals surface area contributed by atoms with Gasteiger partial charge < -0.3 is 20.4 Å². The molecule has 0 aromatic carbocycles. The maximum atomic E-state index is 11.1. The summed E-state index contributed by atoms with van der Waals surface area (Å²) < 4.78 is 0. The van der Waals surface area contributed by atoms with Crippen LogP contribution >= 0.6 is 0 Å². The molecule has 0 aliphatic carbocycles. The van der Waals surface area contributed by atoms with Crippen molar-refractivity contribution >= 4 is 5.97 Å². The van der Waals surface area contributed by atoms with E-state index in [1.165, 1.54) is 116 Å². The molecule has 0 saturated heterocycles. The zero-order chi connectivity index (χ0) is 25.0. The number of hydrogen-bond acceptors (Lipinski definition) is 4. The van der Waals surface area contributed by atoms with E-state index in [1.54, 1.807) is 0 Å². The Labute approximate surface area is 205 Å². The molecule has 33 heavy (non-hydrogen) atoms. The SMILES string of the molecule is CCCCCCCCCCCCC(CCCCCCCCCC)CC(=O)O.OCC(O)CO. The van der Waals surface area contributed by atoms with Gasteiger partial charge in [0, 0.05) is 6.42 Å². The van der Waals surface area contributed by atoms with Crippen LogP contribution < -0.4 is 0 Å². The average molecular weight is 475 g/mol. The first-order valence-electron chi connectivity index (χ1n) is 14.1. The molecule has 0 spiro atoms. The molecule has 0 rings (SSSR count). The fourth-order valence-electron chi connectivity index (χ4n) is 4.14. The molecule has 0 aliphatic heterocycles. The highest BCUT2D eigenvalue weighted by Gasteiger charge is 2.12. The molecule has 5 nitrogen and oxygen atoms in total. The highest BCUT2D eigenvalue weighted by atomic mass is 16.4. The number of hydrogen-bond donors (Lipinski definition) is 4. The van der Waals surface area contributed by atoms with E-state index in [9.17, 15) is 4.79 Å². The normalized spacial score (nSPS) is 11.9. The summed E-state index contributed by atoms with van der Waals surface area (Å²) in [6, 6.07) is 0. The second-order valence-corrected chi connectivity index (χ2v) is 9.72. The molecule has 1 unspecified atom stereocenters. The van der Waals surface area contributed by atoms with Crippen molar-refractivity contribution in [2.75, 3.05) is 13.2 Å². The third kappa shape index (κ3) is 31.4. The zero-order valence-electron chi connectivity index (χ0n) is 22.1. The van der Waals surface area contributed by atoms with E-state index < -0.39 is 12.1 Å². The lowest BCUT2D eigenvalue weighted by Gasteiger charge is -2.14. The van der Waals surface area contributed by atoms with Crippen molar-refractivity contribution in [3.63, 3.8) is 0 Å². The maximum Gasteiger partial charge on any atom is 0.303 e. The smallest absolute Gasteiger partial charge is 0.303 e. The highest BCUT2D eigenvalue weighted by Crippen LogP contribution is 2.22. The van der Waals surface area contributed by atoms with Gasteiger partial charge in [-0.15, -0.1) is 0 Å². The van der Waals surface area contributed by atoms with Gasteiger partial charge in [0.2, 0.25) is 0 Å². The van der Waals surface area contributed by atoms with E-state index >= 15 is 0 Å². The Morgan fingerprint density at radius 1 is 0.576 bits per heavy atom. The van der Waals surface area contributed by atoms with Crippen LogP contribution in [-0.2, 0) is 4.79 Å². The molecule has 0 radical (unpaired) electrons. The van der Waals surface area contributed by atoms with E-state index in [-0.39, 0.29) is 13.2 Å². The number of aliphatic hydroxyl groups excluding tert-OH is 3. The van der Waals surface area contributed by atoms with E-state index in [0.29, 0.717) is 12.3 Å². The van der Waals surface area contributed by atoms with Gasteiger partial charge >= 0.3 is 5.97 Å². The van der Waals surface area contributed by atoms with Crippen molar-refractivity contribution in [3.8, 4) is 0 Å². The maximum absolute atomic E-state index is 11.1. The van der Waals surface area contributed by atoms with Gasteiger partial charge in [0.1, 0.15) is 6.10 Å². The summed E-state index contributed by atoms with van der Waals surface area (Å²) in [5, 5.41) is 33.2. The number of aliphatic carboxylic acids is 1. The Kier molecular flexibility index (Phi) is 30.7. The summed E-state index contributed by atoms with van der Waals surface area (Å²) in [5.74, 6) is -0.191. The molecule has 4 N–H and O–H groups in total.